The summed E-state index contributed by atoms with van der Waals surface area (Å²) in [5.74, 6) is -2.04. The first kappa shape index (κ1) is 8.95. The van der Waals surface area contributed by atoms with Crippen molar-refractivity contribution >= 4 is 11.9 Å². The van der Waals surface area contributed by atoms with Gasteiger partial charge in [0.15, 0.2) is 0 Å². The highest BCUT2D eigenvalue weighted by Crippen LogP contribution is 2.06. The minimum Gasteiger partial charge on any atom is -0.481 e. The fraction of sp³-hybridized carbons (Fsp3) is 0.667. The van der Waals surface area contributed by atoms with E-state index in [1.807, 2.05) is 0 Å². The van der Waals surface area contributed by atoms with E-state index >= 15 is 0 Å². The number of carbonyl (C=O) groups is 2. The van der Waals surface area contributed by atoms with Gasteiger partial charge in [-0.1, -0.05) is 0 Å². The van der Waals surface area contributed by atoms with Crippen molar-refractivity contribution in [1.82, 2.24) is 5.32 Å². The van der Waals surface area contributed by atoms with Crippen molar-refractivity contribution in [2.24, 2.45) is 0 Å². The molecule has 6 heteroatoms. The summed E-state index contributed by atoms with van der Waals surface area (Å²) in [7, 11) is 0. The number of carboxylic acid groups (broad SMARTS) is 2. The van der Waals surface area contributed by atoms with Crippen molar-refractivity contribution in [3.63, 3.8) is 0 Å². The Balaban J connectivity index is 2.35. The zero-order valence-electron chi connectivity index (χ0n) is 6.19. The van der Waals surface area contributed by atoms with Crippen LogP contribution in [0, 0.1) is 0 Å². The number of aliphatic carboxylic acids is 2. The van der Waals surface area contributed by atoms with E-state index in [1.54, 1.807) is 0 Å². The number of rotatable bonds is 3. The van der Waals surface area contributed by atoms with Gasteiger partial charge in [0, 0.05) is 0 Å². The van der Waals surface area contributed by atoms with Gasteiger partial charge in [0.05, 0.1) is 13.0 Å². The Kier molecular flexibility index (Phi) is 2.61. The predicted octanol–water partition coefficient (Wildman–Crippen LogP) is -1.14. The molecule has 1 unspecified atom stereocenters. The Hall–Kier alpha value is -1.14. The van der Waals surface area contributed by atoms with Crippen LogP contribution in [0.3, 0.4) is 0 Å². The predicted molar refractivity (Wildman–Crippen MR) is 36.6 cm³/mol. The average molecular weight is 175 g/mol. The molecule has 0 amide bonds. The van der Waals surface area contributed by atoms with E-state index in [2.05, 4.69) is 5.32 Å². The molecule has 0 spiro atoms. The summed E-state index contributed by atoms with van der Waals surface area (Å²) in [6, 6.07) is -0.783. The topological polar surface area (TPSA) is 95.9 Å². The van der Waals surface area contributed by atoms with Crippen molar-refractivity contribution in [1.29, 1.82) is 0 Å². The SMILES string of the molecule is O=C(O)CC1N[C@H](C(=O)O)CO1. The first-order valence-electron chi connectivity index (χ1n) is 3.42. The lowest BCUT2D eigenvalue weighted by molar-refractivity contribution is -0.140. The molecule has 6 nitrogen and oxygen atoms in total. The van der Waals surface area contributed by atoms with Gasteiger partial charge in [0.1, 0.15) is 12.3 Å². The summed E-state index contributed by atoms with van der Waals surface area (Å²) >= 11 is 0. The third-order valence-corrected chi connectivity index (χ3v) is 1.51. The fourth-order valence-electron chi connectivity index (χ4n) is 0.952. The van der Waals surface area contributed by atoms with Gasteiger partial charge in [-0.05, 0) is 0 Å². The van der Waals surface area contributed by atoms with Crippen LogP contribution in [0.1, 0.15) is 6.42 Å². The van der Waals surface area contributed by atoms with Crippen LogP contribution in [0.15, 0.2) is 0 Å². The molecule has 0 aromatic carbocycles. The molecule has 1 rings (SSSR count). The molecule has 0 aliphatic carbocycles. The van der Waals surface area contributed by atoms with Crippen LogP contribution in [0.5, 0.6) is 0 Å². The van der Waals surface area contributed by atoms with Crippen LogP contribution in [-0.4, -0.2) is 41.0 Å². The van der Waals surface area contributed by atoms with Gasteiger partial charge in [-0.25, -0.2) is 0 Å². The van der Waals surface area contributed by atoms with E-state index in [4.69, 9.17) is 14.9 Å². The molecule has 1 heterocycles. The van der Waals surface area contributed by atoms with E-state index in [1.165, 1.54) is 0 Å². The van der Waals surface area contributed by atoms with E-state index in [-0.39, 0.29) is 13.0 Å². The zero-order valence-corrected chi connectivity index (χ0v) is 6.19. The lowest BCUT2D eigenvalue weighted by Crippen LogP contribution is -2.37. The molecule has 0 aromatic heterocycles. The van der Waals surface area contributed by atoms with E-state index < -0.39 is 24.2 Å². The second-order valence-electron chi connectivity index (χ2n) is 2.48. The van der Waals surface area contributed by atoms with Crippen molar-refractivity contribution in [2.45, 2.75) is 18.7 Å². The quantitative estimate of drug-likeness (QED) is 0.501. The number of hydrogen-bond donors (Lipinski definition) is 3. The van der Waals surface area contributed by atoms with Crippen LogP contribution < -0.4 is 5.32 Å². The Morgan fingerprint density at radius 1 is 1.50 bits per heavy atom. The molecule has 1 fully saturated rings. The molecule has 12 heavy (non-hydrogen) atoms. The molecule has 0 aromatic rings. The number of hydrogen-bond acceptors (Lipinski definition) is 4. The lowest BCUT2D eigenvalue weighted by atomic mass is 10.3. The first-order valence-corrected chi connectivity index (χ1v) is 3.42. The van der Waals surface area contributed by atoms with Gasteiger partial charge in [0.2, 0.25) is 0 Å². The highest BCUT2D eigenvalue weighted by molar-refractivity contribution is 5.74. The van der Waals surface area contributed by atoms with E-state index in [9.17, 15) is 9.59 Å². The highest BCUT2D eigenvalue weighted by Gasteiger charge is 2.30. The van der Waals surface area contributed by atoms with Crippen molar-refractivity contribution in [2.75, 3.05) is 6.61 Å². The minimum atomic E-state index is -1.03. The molecular weight excluding hydrogens is 166 g/mol. The molecule has 1 aliphatic heterocycles. The third kappa shape index (κ3) is 2.18. The van der Waals surface area contributed by atoms with Crippen LogP contribution in [0.2, 0.25) is 0 Å². The molecular formula is C6H9NO5. The molecule has 0 radical (unpaired) electrons. The second-order valence-corrected chi connectivity index (χ2v) is 2.48. The van der Waals surface area contributed by atoms with Gasteiger partial charge in [0.25, 0.3) is 0 Å². The van der Waals surface area contributed by atoms with Crippen molar-refractivity contribution < 1.29 is 24.5 Å². The second kappa shape index (κ2) is 3.51. The number of ether oxygens (including phenoxy) is 1. The molecule has 68 valence electrons. The maximum Gasteiger partial charge on any atom is 0.323 e. The van der Waals surface area contributed by atoms with Crippen molar-refractivity contribution in [3.8, 4) is 0 Å². The summed E-state index contributed by atoms with van der Waals surface area (Å²) in [5, 5.41) is 19.3. The summed E-state index contributed by atoms with van der Waals surface area (Å²) in [5.41, 5.74) is 0. The monoisotopic (exact) mass is 175 g/mol. The van der Waals surface area contributed by atoms with Gasteiger partial charge >= 0.3 is 11.9 Å². The molecule has 1 aliphatic rings. The highest BCUT2D eigenvalue weighted by atomic mass is 16.5. The fourth-order valence-corrected chi connectivity index (χ4v) is 0.952. The molecule has 0 saturated carbocycles. The standard InChI is InChI=1S/C6H9NO5/c8-5(9)1-4-7-3(2-12-4)6(10)11/h3-4,7H,1-2H2,(H,8,9)(H,10,11)/t3-,4?/m0/s1. The normalized spacial score (nSPS) is 28.7. The van der Waals surface area contributed by atoms with Gasteiger partial charge < -0.3 is 14.9 Å². The van der Waals surface area contributed by atoms with Crippen LogP contribution in [0.25, 0.3) is 0 Å². The number of nitrogens with one attached hydrogen (secondary N) is 1. The summed E-state index contributed by atoms with van der Waals surface area (Å²) in [6.45, 7) is 0.0211. The maximum atomic E-state index is 10.3. The Bertz CT molecular complexity index is 204. The summed E-state index contributed by atoms with van der Waals surface area (Å²) < 4.78 is 4.86. The summed E-state index contributed by atoms with van der Waals surface area (Å²) in [4.78, 5) is 20.5. The maximum absolute atomic E-state index is 10.3. The third-order valence-electron chi connectivity index (χ3n) is 1.51. The smallest absolute Gasteiger partial charge is 0.323 e. The molecule has 1 saturated heterocycles. The molecule has 0 bridgehead atoms. The van der Waals surface area contributed by atoms with Crippen LogP contribution >= 0.6 is 0 Å². The van der Waals surface area contributed by atoms with Gasteiger partial charge in [-0.2, -0.15) is 0 Å². The zero-order chi connectivity index (χ0) is 9.14. The van der Waals surface area contributed by atoms with Crippen LogP contribution in [-0.2, 0) is 14.3 Å². The average Bonchev–Trinajstić information content (AvgIpc) is 2.34. The Morgan fingerprint density at radius 3 is 2.58 bits per heavy atom. The van der Waals surface area contributed by atoms with E-state index in [0.29, 0.717) is 0 Å². The molecule has 3 N–H and O–H groups in total. The Morgan fingerprint density at radius 2 is 2.17 bits per heavy atom. The van der Waals surface area contributed by atoms with Gasteiger partial charge in [-0.15, -0.1) is 0 Å². The summed E-state index contributed by atoms with van der Waals surface area (Å²) in [6.07, 6.45) is -0.896. The largest absolute Gasteiger partial charge is 0.481 e. The van der Waals surface area contributed by atoms with E-state index in [0.717, 1.165) is 0 Å². The first-order chi connectivity index (χ1) is 5.59. The Labute approximate surface area is 68.1 Å². The molecule has 2 atom stereocenters. The van der Waals surface area contributed by atoms with Crippen LogP contribution in [0.4, 0.5) is 0 Å². The minimum absolute atomic E-state index is 0.0211. The van der Waals surface area contributed by atoms with Crippen molar-refractivity contribution in [3.05, 3.63) is 0 Å². The number of carboxylic acids is 2. The lowest BCUT2D eigenvalue weighted by Gasteiger charge is -2.05. The van der Waals surface area contributed by atoms with Gasteiger partial charge in [-0.3, -0.25) is 14.9 Å².